The van der Waals surface area contributed by atoms with Gasteiger partial charge in [-0.25, -0.2) is 4.79 Å². The van der Waals surface area contributed by atoms with Gasteiger partial charge in [0, 0.05) is 16.7 Å². The maximum atomic E-state index is 11.9. The van der Waals surface area contributed by atoms with Crippen molar-refractivity contribution in [3.05, 3.63) is 58.1 Å². The van der Waals surface area contributed by atoms with Crippen LogP contribution in [0.5, 0.6) is 5.75 Å². The molecule has 0 aromatic heterocycles. The zero-order valence-electron chi connectivity index (χ0n) is 15.9. The molecule has 0 aliphatic carbocycles. The summed E-state index contributed by atoms with van der Waals surface area (Å²) in [6.07, 6.45) is 0.744. The van der Waals surface area contributed by atoms with E-state index >= 15 is 0 Å². The van der Waals surface area contributed by atoms with Gasteiger partial charge in [-0.05, 0) is 60.2 Å². The summed E-state index contributed by atoms with van der Waals surface area (Å²) in [5.74, 6) is 0.855. The molecule has 2 N–H and O–H groups in total. The Hall–Kier alpha value is -2.01. The molecule has 0 spiro atoms. The maximum Gasteiger partial charge on any atom is 0.319 e. The third kappa shape index (κ3) is 6.37. The van der Waals surface area contributed by atoms with Gasteiger partial charge in [-0.1, -0.05) is 48.8 Å². The number of halogens is 1. The first kappa shape index (κ1) is 20.3. The Balaban J connectivity index is 1.68. The first-order valence-electron chi connectivity index (χ1n) is 8.80. The first-order chi connectivity index (χ1) is 12.3. The summed E-state index contributed by atoms with van der Waals surface area (Å²) >= 11 is 3.41. The van der Waals surface area contributed by atoms with Crippen molar-refractivity contribution in [2.45, 2.75) is 39.5 Å². The number of rotatable bonds is 6. The molecule has 2 aromatic rings. The van der Waals surface area contributed by atoms with Crippen LogP contribution >= 0.6 is 15.9 Å². The van der Waals surface area contributed by atoms with Crippen molar-refractivity contribution in [1.29, 1.82) is 0 Å². The van der Waals surface area contributed by atoms with Crippen LogP contribution in [0.1, 0.15) is 38.3 Å². The van der Waals surface area contributed by atoms with Crippen molar-refractivity contribution in [2.24, 2.45) is 0 Å². The lowest BCUT2D eigenvalue weighted by Gasteiger charge is -2.19. The highest BCUT2D eigenvalue weighted by atomic mass is 79.9. The SMILES string of the molecule is Cc1cc(Br)ccc1NC(=O)NCCCOc1ccc(C(C)(C)C)cc1. The maximum absolute atomic E-state index is 11.9. The standard InChI is InChI=1S/C21H27BrN2O2/c1-15-14-17(22)8-11-19(15)24-20(25)23-12-5-13-26-18-9-6-16(7-10-18)21(2,3)4/h6-11,14H,5,12-13H2,1-4H3,(H2,23,24,25). The summed E-state index contributed by atoms with van der Waals surface area (Å²) in [4.78, 5) is 11.9. The van der Waals surface area contributed by atoms with E-state index in [1.807, 2.05) is 37.3 Å². The van der Waals surface area contributed by atoms with E-state index in [2.05, 4.69) is 59.5 Å². The fraction of sp³-hybridized carbons (Fsp3) is 0.381. The highest BCUT2D eigenvalue weighted by Crippen LogP contribution is 2.24. The van der Waals surface area contributed by atoms with Crippen molar-refractivity contribution in [2.75, 3.05) is 18.5 Å². The predicted molar refractivity (Wildman–Crippen MR) is 111 cm³/mol. The molecule has 0 radical (unpaired) electrons. The number of anilines is 1. The van der Waals surface area contributed by atoms with E-state index in [4.69, 9.17) is 4.74 Å². The normalized spacial score (nSPS) is 11.1. The Bertz CT molecular complexity index is 737. The minimum absolute atomic E-state index is 0.142. The molecule has 0 fully saturated rings. The number of ether oxygens (including phenoxy) is 1. The Morgan fingerprint density at radius 3 is 2.42 bits per heavy atom. The van der Waals surface area contributed by atoms with Crippen LogP contribution in [0.3, 0.4) is 0 Å². The topological polar surface area (TPSA) is 50.4 Å². The smallest absolute Gasteiger partial charge is 0.319 e. The number of carbonyl (C=O) groups is 1. The first-order valence-corrected chi connectivity index (χ1v) is 9.59. The van der Waals surface area contributed by atoms with Crippen LogP contribution in [-0.4, -0.2) is 19.2 Å². The van der Waals surface area contributed by atoms with E-state index in [1.165, 1.54) is 5.56 Å². The van der Waals surface area contributed by atoms with Crippen molar-refractivity contribution in [1.82, 2.24) is 5.32 Å². The van der Waals surface area contributed by atoms with Crippen molar-refractivity contribution >= 4 is 27.6 Å². The van der Waals surface area contributed by atoms with Gasteiger partial charge in [-0.15, -0.1) is 0 Å². The summed E-state index contributed by atoms with van der Waals surface area (Å²) in [5.41, 5.74) is 3.24. The zero-order chi connectivity index (χ0) is 19.2. The van der Waals surface area contributed by atoms with E-state index in [0.717, 1.165) is 27.9 Å². The van der Waals surface area contributed by atoms with Crippen LogP contribution in [0.2, 0.25) is 0 Å². The second kappa shape index (κ2) is 9.08. The number of nitrogens with one attached hydrogen (secondary N) is 2. The fourth-order valence-electron chi connectivity index (χ4n) is 2.45. The van der Waals surface area contributed by atoms with Gasteiger partial charge in [-0.2, -0.15) is 0 Å². The molecular weight excluding hydrogens is 392 g/mol. The molecule has 140 valence electrons. The number of aryl methyl sites for hydroxylation is 1. The number of amides is 2. The molecule has 0 aliphatic heterocycles. The third-order valence-corrected chi connectivity index (χ3v) is 4.53. The molecule has 26 heavy (non-hydrogen) atoms. The molecule has 2 aromatic carbocycles. The number of carbonyl (C=O) groups excluding carboxylic acids is 1. The summed E-state index contributed by atoms with van der Waals surface area (Å²) in [6.45, 7) is 9.65. The van der Waals surface area contributed by atoms with Crippen molar-refractivity contribution in [3.8, 4) is 5.75 Å². The summed E-state index contributed by atoms with van der Waals surface area (Å²) in [6, 6.07) is 13.7. The summed E-state index contributed by atoms with van der Waals surface area (Å²) in [7, 11) is 0. The van der Waals surface area contributed by atoms with Gasteiger partial charge < -0.3 is 15.4 Å². The van der Waals surface area contributed by atoms with Gasteiger partial charge in [-0.3, -0.25) is 0 Å². The molecule has 0 aliphatic rings. The molecule has 0 saturated carbocycles. The van der Waals surface area contributed by atoms with Crippen LogP contribution in [-0.2, 0) is 5.41 Å². The van der Waals surface area contributed by atoms with Gasteiger partial charge in [0.2, 0.25) is 0 Å². The van der Waals surface area contributed by atoms with Crippen LogP contribution in [0.15, 0.2) is 46.9 Å². The minimum Gasteiger partial charge on any atom is -0.494 e. The molecule has 4 nitrogen and oxygen atoms in total. The van der Waals surface area contributed by atoms with Gasteiger partial charge in [0.15, 0.2) is 0 Å². The molecule has 2 rings (SSSR count). The Morgan fingerprint density at radius 2 is 1.81 bits per heavy atom. The molecule has 0 heterocycles. The highest BCUT2D eigenvalue weighted by Gasteiger charge is 2.12. The van der Waals surface area contributed by atoms with Gasteiger partial charge in [0.1, 0.15) is 5.75 Å². The number of benzene rings is 2. The zero-order valence-corrected chi connectivity index (χ0v) is 17.4. The fourth-order valence-corrected chi connectivity index (χ4v) is 2.92. The second-order valence-electron chi connectivity index (χ2n) is 7.32. The average Bonchev–Trinajstić information content (AvgIpc) is 2.57. The minimum atomic E-state index is -0.204. The van der Waals surface area contributed by atoms with Crippen LogP contribution in [0, 0.1) is 6.92 Å². The van der Waals surface area contributed by atoms with E-state index in [1.54, 1.807) is 0 Å². The van der Waals surface area contributed by atoms with E-state index in [0.29, 0.717) is 13.2 Å². The van der Waals surface area contributed by atoms with Crippen LogP contribution < -0.4 is 15.4 Å². The number of urea groups is 1. The quantitative estimate of drug-likeness (QED) is 0.595. The van der Waals surface area contributed by atoms with Crippen molar-refractivity contribution in [3.63, 3.8) is 0 Å². The molecule has 0 bridgehead atoms. The van der Waals surface area contributed by atoms with Gasteiger partial charge in [0.05, 0.1) is 6.61 Å². The molecular formula is C21H27BrN2O2. The Labute approximate surface area is 164 Å². The summed E-state index contributed by atoms with van der Waals surface area (Å²) in [5, 5.41) is 5.70. The van der Waals surface area contributed by atoms with E-state index in [9.17, 15) is 4.79 Å². The third-order valence-electron chi connectivity index (χ3n) is 4.03. The molecule has 0 atom stereocenters. The predicted octanol–water partition coefficient (Wildman–Crippen LogP) is 5.65. The van der Waals surface area contributed by atoms with Crippen LogP contribution in [0.25, 0.3) is 0 Å². The van der Waals surface area contributed by atoms with E-state index < -0.39 is 0 Å². The lowest BCUT2D eigenvalue weighted by Crippen LogP contribution is -2.30. The van der Waals surface area contributed by atoms with Gasteiger partial charge >= 0.3 is 6.03 Å². The molecule has 0 saturated heterocycles. The average molecular weight is 419 g/mol. The number of hydrogen-bond acceptors (Lipinski definition) is 2. The lowest BCUT2D eigenvalue weighted by atomic mass is 9.87. The molecule has 5 heteroatoms. The van der Waals surface area contributed by atoms with Crippen LogP contribution in [0.4, 0.5) is 10.5 Å². The summed E-state index contributed by atoms with van der Waals surface area (Å²) < 4.78 is 6.72. The molecule has 2 amide bonds. The number of hydrogen-bond donors (Lipinski definition) is 2. The highest BCUT2D eigenvalue weighted by molar-refractivity contribution is 9.10. The second-order valence-corrected chi connectivity index (χ2v) is 8.23. The lowest BCUT2D eigenvalue weighted by molar-refractivity contribution is 0.250. The Morgan fingerprint density at radius 1 is 1.12 bits per heavy atom. The van der Waals surface area contributed by atoms with Gasteiger partial charge in [0.25, 0.3) is 0 Å². The van der Waals surface area contributed by atoms with Crippen molar-refractivity contribution < 1.29 is 9.53 Å². The van der Waals surface area contributed by atoms with E-state index in [-0.39, 0.29) is 11.4 Å². The molecule has 0 unspecified atom stereocenters. The largest absolute Gasteiger partial charge is 0.494 e. The Kier molecular flexibility index (Phi) is 7.09. The monoisotopic (exact) mass is 418 g/mol.